The summed E-state index contributed by atoms with van der Waals surface area (Å²) in [5.74, 6) is -2.50. The number of carbonyl (C=O) groups is 4. The van der Waals surface area contributed by atoms with Crippen LogP contribution in [0.5, 0.6) is 0 Å². The molecule has 0 saturated carbocycles. The summed E-state index contributed by atoms with van der Waals surface area (Å²) in [6.07, 6.45) is -1.05. The van der Waals surface area contributed by atoms with E-state index in [-0.39, 0.29) is 18.2 Å². The maximum Gasteiger partial charge on any atom is 0.329 e. The molecule has 2 aromatic rings. The minimum Gasteiger partial charge on any atom is -0.451 e. The largest absolute Gasteiger partial charge is 0.451 e. The molecule has 31 heavy (non-hydrogen) atoms. The minimum absolute atomic E-state index is 0.124. The van der Waals surface area contributed by atoms with Crippen LogP contribution in [0.2, 0.25) is 0 Å². The number of benzene rings is 2. The Hall–Kier alpha value is -3.68. The van der Waals surface area contributed by atoms with Gasteiger partial charge < -0.3 is 10.1 Å². The smallest absolute Gasteiger partial charge is 0.329 e. The first-order chi connectivity index (χ1) is 14.8. The molecule has 3 N–H and O–H groups in total. The number of nitrogens with one attached hydrogen (secondary N) is 3. The summed E-state index contributed by atoms with van der Waals surface area (Å²) in [5.41, 5.74) is 5.68. The summed E-state index contributed by atoms with van der Waals surface area (Å²) in [5, 5.41) is 2.67. The molecule has 0 aromatic heterocycles. The fraction of sp³-hybridized carbons (Fsp3) is 0.304. The van der Waals surface area contributed by atoms with Gasteiger partial charge in [-0.1, -0.05) is 62.4 Å². The topological polar surface area (TPSA) is 114 Å². The second-order valence-corrected chi connectivity index (χ2v) is 7.34. The van der Waals surface area contributed by atoms with Crippen LogP contribution in [0.1, 0.15) is 36.7 Å². The Labute approximate surface area is 181 Å². The highest BCUT2D eigenvalue weighted by Crippen LogP contribution is 2.08. The van der Waals surface area contributed by atoms with E-state index in [0.29, 0.717) is 5.56 Å². The molecule has 2 aromatic carbocycles. The maximum absolute atomic E-state index is 12.5. The molecule has 0 aliphatic rings. The molecule has 8 heteroatoms. The second kappa shape index (κ2) is 11.5. The van der Waals surface area contributed by atoms with Crippen LogP contribution in [0, 0.1) is 5.92 Å². The van der Waals surface area contributed by atoms with E-state index in [1.165, 1.54) is 6.92 Å². The van der Waals surface area contributed by atoms with Crippen LogP contribution in [0.4, 0.5) is 0 Å². The molecule has 2 rings (SSSR count). The Bertz CT molecular complexity index is 900. The van der Waals surface area contributed by atoms with Gasteiger partial charge in [0.1, 0.15) is 6.04 Å². The fourth-order valence-electron chi connectivity index (χ4n) is 2.69. The lowest BCUT2D eigenvalue weighted by Gasteiger charge is -2.23. The van der Waals surface area contributed by atoms with Crippen LogP contribution < -0.4 is 16.2 Å². The highest BCUT2D eigenvalue weighted by Gasteiger charge is 2.29. The van der Waals surface area contributed by atoms with Crippen LogP contribution in [0.15, 0.2) is 60.7 Å². The van der Waals surface area contributed by atoms with Crippen molar-refractivity contribution in [3.63, 3.8) is 0 Å². The predicted molar refractivity (Wildman–Crippen MR) is 115 cm³/mol. The van der Waals surface area contributed by atoms with E-state index in [1.807, 2.05) is 30.3 Å². The monoisotopic (exact) mass is 425 g/mol. The van der Waals surface area contributed by atoms with Crippen molar-refractivity contribution in [1.82, 2.24) is 16.2 Å². The quantitative estimate of drug-likeness (QED) is 0.441. The summed E-state index contributed by atoms with van der Waals surface area (Å²) in [7, 11) is 0. The summed E-state index contributed by atoms with van der Waals surface area (Å²) in [6, 6.07) is 16.6. The minimum atomic E-state index is -1.17. The van der Waals surface area contributed by atoms with Gasteiger partial charge in [0.2, 0.25) is 5.91 Å². The summed E-state index contributed by atoms with van der Waals surface area (Å²) in [6.45, 7) is 4.91. The average Bonchev–Trinajstić information content (AvgIpc) is 2.76. The molecule has 0 saturated heterocycles. The third kappa shape index (κ3) is 7.58. The molecular weight excluding hydrogens is 398 g/mol. The van der Waals surface area contributed by atoms with Gasteiger partial charge in [-0.25, -0.2) is 4.79 Å². The van der Waals surface area contributed by atoms with Crippen molar-refractivity contribution < 1.29 is 23.9 Å². The number of hydrazine groups is 1. The molecule has 0 aliphatic heterocycles. The zero-order chi connectivity index (χ0) is 22.8. The van der Waals surface area contributed by atoms with Gasteiger partial charge in [-0.05, 0) is 30.5 Å². The predicted octanol–water partition coefficient (Wildman–Crippen LogP) is 1.76. The zero-order valence-corrected chi connectivity index (χ0v) is 17.8. The van der Waals surface area contributed by atoms with E-state index in [4.69, 9.17) is 4.74 Å². The maximum atomic E-state index is 12.5. The van der Waals surface area contributed by atoms with Gasteiger partial charge in [0.15, 0.2) is 6.10 Å². The van der Waals surface area contributed by atoms with Crippen LogP contribution in [-0.4, -0.2) is 35.8 Å². The number of carbonyl (C=O) groups excluding carboxylic acids is 4. The van der Waals surface area contributed by atoms with Crippen LogP contribution in [0.25, 0.3) is 0 Å². The summed E-state index contributed by atoms with van der Waals surface area (Å²) < 4.78 is 5.21. The third-order valence-electron chi connectivity index (χ3n) is 4.44. The van der Waals surface area contributed by atoms with Crippen molar-refractivity contribution in [3.8, 4) is 0 Å². The summed E-state index contributed by atoms with van der Waals surface area (Å²) in [4.78, 5) is 49.0. The molecule has 2 atom stereocenters. The molecule has 0 aliphatic carbocycles. The lowest BCUT2D eigenvalue weighted by molar-refractivity contribution is -0.158. The van der Waals surface area contributed by atoms with Gasteiger partial charge in [-0.15, -0.1) is 0 Å². The third-order valence-corrected chi connectivity index (χ3v) is 4.44. The SMILES string of the molecule is CC(C)[C@H](NC(=O)Cc1ccccc1)C(=O)O[C@H](C)C(=O)NNC(=O)c1ccccc1. The number of hydrogen-bond donors (Lipinski definition) is 3. The molecule has 0 fully saturated rings. The van der Waals surface area contributed by atoms with Gasteiger partial charge in [-0.3, -0.25) is 25.2 Å². The molecule has 0 spiro atoms. The van der Waals surface area contributed by atoms with E-state index in [9.17, 15) is 19.2 Å². The molecule has 164 valence electrons. The first-order valence-electron chi connectivity index (χ1n) is 9.97. The van der Waals surface area contributed by atoms with Crippen molar-refractivity contribution in [1.29, 1.82) is 0 Å². The van der Waals surface area contributed by atoms with Crippen LogP contribution >= 0.6 is 0 Å². The van der Waals surface area contributed by atoms with Crippen molar-refractivity contribution in [2.75, 3.05) is 0 Å². The Morgan fingerprint density at radius 2 is 1.42 bits per heavy atom. The number of ether oxygens (including phenoxy) is 1. The summed E-state index contributed by atoms with van der Waals surface area (Å²) >= 11 is 0. The van der Waals surface area contributed by atoms with E-state index >= 15 is 0 Å². The second-order valence-electron chi connectivity index (χ2n) is 7.34. The fourth-order valence-corrected chi connectivity index (χ4v) is 2.69. The lowest BCUT2D eigenvalue weighted by atomic mass is 10.0. The van der Waals surface area contributed by atoms with Crippen molar-refractivity contribution in [3.05, 3.63) is 71.8 Å². The normalized spacial score (nSPS) is 12.4. The van der Waals surface area contributed by atoms with Crippen molar-refractivity contribution in [2.45, 2.75) is 39.3 Å². The standard InChI is InChI=1S/C23H27N3O5/c1-15(2)20(24-19(27)14-17-10-6-4-7-11-17)23(30)31-16(3)21(28)25-26-22(29)18-12-8-5-9-13-18/h4-13,15-16,20H,14H2,1-3H3,(H,24,27)(H,25,28)(H,26,29)/t16-,20+/m1/s1. The Morgan fingerprint density at radius 3 is 2.00 bits per heavy atom. The number of hydrogen-bond acceptors (Lipinski definition) is 5. The van der Waals surface area contributed by atoms with E-state index in [0.717, 1.165) is 5.56 Å². The van der Waals surface area contributed by atoms with Crippen molar-refractivity contribution >= 4 is 23.7 Å². The van der Waals surface area contributed by atoms with E-state index in [2.05, 4.69) is 16.2 Å². The Kier molecular flexibility index (Phi) is 8.75. The lowest BCUT2D eigenvalue weighted by Crippen LogP contribution is -2.50. The highest BCUT2D eigenvalue weighted by atomic mass is 16.5. The van der Waals surface area contributed by atoms with Gasteiger partial charge in [0.25, 0.3) is 11.8 Å². The molecule has 0 unspecified atom stereocenters. The first-order valence-corrected chi connectivity index (χ1v) is 9.97. The van der Waals surface area contributed by atoms with Crippen molar-refractivity contribution in [2.24, 2.45) is 5.92 Å². The molecular formula is C23H27N3O5. The van der Waals surface area contributed by atoms with Gasteiger partial charge in [0.05, 0.1) is 6.42 Å². The van der Waals surface area contributed by atoms with Gasteiger partial charge >= 0.3 is 5.97 Å². The average molecular weight is 425 g/mol. The molecule has 0 radical (unpaired) electrons. The van der Waals surface area contributed by atoms with Gasteiger partial charge in [-0.2, -0.15) is 0 Å². The molecule has 3 amide bonds. The number of esters is 1. The van der Waals surface area contributed by atoms with Gasteiger partial charge in [0, 0.05) is 5.56 Å². The molecule has 8 nitrogen and oxygen atoms in total. The van der Waals surface area contributed by atoms with Crippen LogP contribution in [0.3, 0.4) is 0 Å². The molecule has 0 bridgehead atoms. The van der Waals surface area contributed by atoms with E-state index in [1.54, 1.807) is 44.2 Å². The molecule has 0 heterocycles. The Balaban J connectivity index is 1.86. The number of amides is 3. The Morgan fingerprint density at radius 1 is 0.839 bits per heavy atom. The van der Waals surface area contributed by atoms with Crippen LogP contribution in [-0.2, 0) is 25.5 Å². The van der Waals surface area contributed by atoms with E-state index < -0.39 is 29.9 Å². The highest BCUT2D eigenvalue weighted by molar-refractivity contribution is 5.96. The number of rotatable bonds is 8. The first kappa shape index (κ1) is 23.6. The zero-order valence-electron chi connectivity index (χ0n) is 17.8.